The number of amides is 2. The number of aliphatic carboxylic acids is 1. The van der Waals surface area contributed by atoms with Gasteiger partial charge in [0.25, 0.3) is 0 Å². The predicted molar refractivity (Wildman–Crippen MR) is 71.0 cm³/mol. The lowest BCUT2D eigenvalue weighted by Crippen LogP contribution is -2.48. The molecule has 1 aliphatic carbocycles. The molecule has 110 valence electrons. The van der Waals surface area contributed by atoms with E-state index in [1.54, 1.807) is 11.9 Å². The highest BCUT2D eigenvalue weighted by Crippen LogP contribution is 2.26. The second-order valence-corrected chi connectivity index (χ2v) is 5.27. The molecule has 0 heterocycles. The first-order valence-corrected chi connectivity index (χ1v) is 6.72. The van der Waals surface area contributed by atoms with Crippen LogP contribution in [0.15, 0.2) is 0 Å². The average Bonchev–Trinajstić information content (AvgIpc) is 2.38. The fraction of sp³-hybridized carbons (Fsp3) is 0.846. The van der Waals surface area contributed by atoms with Crippen molar-refractivity contribution < 1.29 is 19.4 Å². The maximum Gasteiger partial charge on any atom is 0.334 e. The van der Waals surface area contributed by atoms with Gasteiger partial charge in [-0.2, -0.15) is 0 Å². The van der Waals surface area contributed by atoms with Crippen molar-refractivity contribution >= 4 is 12.0 Å². The highest BCUT2D eigenvalue weighted by atomic mass is 16.5. The third-order valence-corrected chi connectivity index (χ3v) is 3.85. The molecule has 6 heteroatoms. The minimum atomic E-state index is -1.07. The van der Waals surface area contributed by atoms with Gasteiger partial charge in [-0.3, -0.25) is 0 Å². The minimum Gasteiger partial charge on any atom is -0.479 e. The lowest BCUT2D eigenvalue weighted by atomic mass is 9.87. The van der Waals surface area contributed by atoms with E-state index >= 15 is 0 Å². The number of rotatable bonds is 5. The summed E-state index contributed by atoms with van der Waals surface area (Å²) >= 11 is 0. The molecule has 2 amide bonds. The van der Waals surface area contributed by atoms with Crippen molar-refractivity contribution in [3.05, 3.63) is 0 Å². The first-order valence-electron chi connectivity index (χ1n) is 6.72. The summed E-state index contributed by atoms with van der Waals surface area (Å²) in [6.45, 7) is 2.21. The molecule has 0 bridgehead atoms. The molecule has 1 fully saturated rings. The molecule has 1 saturated carbocycles. The molecule has 1 unspecified atom stereocenters. The molecule has 0 aromatic heterocycles. The van der Waals surface area contributed by atoms with Crippen LogP contribution in [0.2, 0.25) is 0 Å². The smallest absolute Gasteiger partial charge is 0.334 e. The minimum absolute atomic E-state index is 0.0157. The number of carbonyl (C=O) groups excluding carboxylic acids is 1. The second kappa shape index (κ2) is 7.33. The maximum atomic E-state index is 11.9. The number of urea groups is 1. The molecule has 1 atom stereocenters. The summed E-state index contributed by atoms with van der Waals surface area (Å²) in [6, 6.07) is 0.0184. The summed E-state index contributed by atoms with van der Waals surface area (Å²) in [4.78, 5) is 24.4. The third kappa shape index (κ3) is 4.70. The van der Waals surface area contributed by atoms with Gasteiger partial charge in [0.2, 0.25) is 0 Å². The first-order chi connectivity index (χ1) is 8.95. The number of carboxylic acid groups (broad SMARTS) is 1. The average molecular weight is 272 g/mol. The Labute approximate surface area is 114 Å². The third-order valence-electron chi connectivity index (χ3n) is 3.85. The lowest BCUT2D eigenvalue weighted by molar-refractivity contribution is -0.148. The lowest BCUT2D eigenvalue weighted by Gasteiger charge is -2.33. The van der Waals surface area contributed by atoms with Crippen LogP contribution in [0.3, 0.4) is 0 Å². The molecule has 0 aromatic rings. The number of nitrogens with zero attached hydrogens (tertiary/aromatic N) is 1. The predicted octanol–water partition coefficient (Wildman–Crippen LogP) is 1.31. The Balaban J connectivity index is 2.38. The Kier molecular flexibility index (Phi) is 6.08. The number of hydrogen-bond donors (Lipinski definition) is 2. The molecule has 0 aromatic carbocycles. The molecular weight excluding hydrogens is 248 g/mol. The SMILES string of the molecule is COC(CNC(=O)N(C)C1CCC(C)CC1)C(=O)O. The van der Waals surface area contributed by atoms with E-state index in [9.17, 15) is 9.59 Å². The van der Waals surface area contributed by atoms with Crippen LogP contribution in [0.1, 0.15) is 32.6 Å². The van der Waals surface area contributed by atoms with Crippen molar-refractivity contribution in [1.29, 1.82) is 0 Å². The van der Waals surface area contributed by atoms with Crippen molar-refractivity contribution in [2.24, 2.45) is 5.92 Å². The molecular formula is C13H24N2O4. The summed E-state index contributed by atoms with van der Waals surface area (Å²) in [5, 5.41) is 11.4. The Bertz CT molecular complexity index is 314. The number of methoxy groups -OCH3 is 1. The fourth-order valence-electron chi connectivity index (χ4n) is 2.37. The molecule has 19 heavy (non-hydrogen) atoms. The molecule has 0 radical (unpaired) electrons. The van der Waals surface area contributed by atoms with Crippen molar-refractivity contribution in [3.8, 4) is 0 Å². The summed E-state index contributed by atoms with van der Waals surface area (Å²) < 4.78 is 4.77. The zero-order valence-corrected chi connectivity index (χ0v) is 11.9. The van der Waals surface area contributed by atoms with Crippen LogP contribution in [0.4, 0.5) is 4.79 Å². The summed E-state index contributed by atoms with van der Waals surface area (Å²) in [5.74, 6) is -0.338. The first kappa shape index (κ1) is 15.8. The quantitative estimate of drug-likeness (QED) is 0.791. The van der Waals surface area contributed by atoms with Crippen LogP contribution < -0.4 is 5.32 Å². The van der Waals surface area contributed by atoms with Gasteiger partial charge >= 0.3 is 12.0 Å². The highest BCUT2D eigenvalue weighted by Gasteiger charge is 2.25. The summed E-state index contributed by atoms with van der Waals surface area (Å²) in [5.41, 5.74) is 0. The van der Waals surface area contributed by atoms with E-state index in [0.29, 0.717) is 0 Å². The molecule has 1 aliphatic rings. The molecule has 0 spiro atoms. The van der Waals surface area contributed by atoms with E-state index in [0.717, 1.165) is 31.6 Å². The van der Waals surface area contributed by atoms with E-state index in [1.165, 1.54) is 7.11 Å². The molecule has 2 N–H and O–H groups in total. The Morgan fingerprint density at radius 1 is 1.37 bits per heavy atom. The van der Waals surface area contributed by atoms with Gasteiger partial charge in [-0.1, -0.05) is 6.92 Å². The molecule has 1 rings (SSSR count). The van der Waals surface area contributed by atoms with Gasteiger partial charge in [-0.15, -0.1) is 0 Å². The van der Waals surface area contributed by atoms with Gasteiger partial charge in [-0.05, 0) is 31.6 Å². The van der Waals surface area contributed by atoms with Crippen LogP contribution in [0.5, 0.6) is 0 Å². The second-order valence-electron chi connectivity index (χ2n) is 5.27. The van der Waals surface area contributed by atoms with E-state index < -0.39 is 12.1 Å². The van der Waals surface area contributed by atoms with Gasteiger partial charge in [0.1, 0.15) is 0 Å². The van der Waals surface area contributed by atoms with Gasteiger partial charge in [0.05, 0.1) is 6.54 Å². The van der Waals surface area contributed by atoms with Crippen LogP contribution in [0, 0.1) is 5.92 Å². The normalized spacial score (nSPS) is 24.6. The zero-order valence-electron chi connectivity index (χ0n) is 11.9. The van der Waals surface area contributed by atoms with E-state index in [-0.39, 0.29) is 18.6 Å². The molecule has 0 aliphatic heterocycles. The van der Waals surface area contributed by atoms with Crippen LogP contribution in [0.25, 0.3) is 0 Å². The molecule has 0 saturated heterocycles. The van der Waals surface area contributed by atoms with E-state index in [1.807, 2.05) is 0 Å². The Morgan fingerprint density at radius 2 is 1.95 bits per heavy atom. The van der Waals surface area contributed by atoms with Crippen molar-refractivity contribution in [3.63, 3.8) is 0 Å². The van der Waals surface area contributed by atoms with Crippen LogP contribution in [-0.4, -0.2) is 54.9 Å². The van der Waals surface area contributed by atoms with Gasteiger partial charge in [-0.25, -0.2) is 9.59 Å². The number of carbonyl (C=O) groups is 2. The van der Waals surface area contributed by atoms with Crippen molar-refractivity contribution in [2.75, 3.05) is 20.7 Å². The number of carboxylic acids is 1. The van der Waals surface area contributed by atoms with Gasteiger partial charge < -0.3 is 20.1 Å². The summed E-state index contributed by atoms with van der Waals surface area (Å²) in [6.07, 6.45) is 3.30. The van der Waals surface area contributed by atoms with Crippen molar-refractivity contribution in [1.82, 2.24) is 10.2 Å². The zero-order chi connectivity index (χ0) is 14.4. The summed E-state index contributed by atoms with van der Waals surface area (Å²) in [7, 11) is 3.08. The van der Waals surface area contributed by atoms with E-state index in [4.69, 9.17) is 9.84 Å². The Hall–Kier alpha value is -1.30. The Morgan fingerprint density at radius 3 is 2.42 bits per heavy atom. The topological polar surface area (TPSA) is 78.9 Å². The number of hydrogen-bond acceptors (Lipinski definition) is 3. The van der Waals surface area contributed by atoms with Crippen molar-refractivity contribution in [2.45, 2.75) is 44.8 Å². The number of ether oxygens (including phenoxy) is 1. The van der Waals surface area contributed by atoms with Gasteiger partial charge in [0, 0.05) is 20.2 Å². The maximum absolute atomic E-state index is 11.9. The largest absolute Gasteiger partial charge is 0.479 e. The van der Waals surface area contributed by atoms with Crippen LogP contribution in [-0.2, 0) is 9.53 Å². The standard InChI is InChI=1S/C13H24N2O4/c1-9-4-6-10(7-5-9)15(2)13(18)14-8-11(19-3)12(16)17/h9-11H,4-8H2,1-3H3,(H,14,18)(H,16,17). The monoisotopic (exact) mass is 272 g/mol. The van der Waals surface area contributed by atoms with Gasteiger partial charge in [0.15, 0.2) is 6.10 Å². The highest BCUT2D eigenvalue weighted by molar-refractivity contribution is 5.77. The van der Waals surface area contributed by atoms with E-state index in [2.05, 4.69) is 12.2 Å². The molecule has 6 nitrogen and oxygen atoms in total. The van der Waals surface area contributed by atoms with Crippen LogP contribution >= 0.6 is 0 Å². The fourth-order valence-corrected chi connectivity index (χ4v) is 2.37. The number of nitrogens with one attached hydrogen (secondary N) is 1.